The van der Waals surface area contributed by atoms with Crippen LogP contribution in [-0.4, -0.2) is 27.1 Å². The topological polar surface area (TPSA) is 100 Å². The molecule has 0 aliphatic carbocycles. The van der Waals surface area contributed by atoms with Crippen LogP contribution in [-0.2, 0) is 17.5 Å². The second-order valence-corrected chi connectivity index (χ2v) is 6.83. The molecule has 3 rings (SSSR count). The highest BCUT2D eigenvalue weighted by Gasteiger charge is 2.34. The third-order valence-corrected chi connectivity index (χ3v) is 5.13. The molecule has 3 aromatic rings. The maximum absolute atomic E-state index is 12.9. The van der Waals surface area contributed by atoms with Crippen molar-refractivity contribution in [1.29, 1.82) is 0 Å². The lowest BCUT2D eigenvalue weighted by Gasteiger charge is -2.10. The summed E-state index contributed by atoms with van der Waals surface area (Å²) in [5, 5.41) is 0.480. The van der Waals surface area contributed by atoms with E-state index in [0.29, 0.717) is 26.7 Å². The van der Waals surface area contributed by atoms with E-state index in [-0.39, 0.29) is 24.8 Å². The molecule has 3 heterocycles. The van der Waals surface area contributed by atoms with Crippen molar-refractivity contribution in [2.24, 2.45) is 0 Å². The predicted molar refractivity (Wildman–Crippen MR) is 97.3 cm³/mol. The first kappa shape index (κ1) is 19.8. The van der Waals surface area contributed by atoms with E-state index in [9.17, 15) is 22.8 Å². The minimum atomic E-state index is -4.76. The van der Waals surface area contributed by atoms with E-state index in [0.717, 1.165) is 22.0 Å². The molecule has 0 bridgehead atoms. The Hall–Kier alpha value is -2.95. The fourth-order valence-electron chi connectivity index (χ4n) is 2.71. The molecule has 0 amide bonds. The first-order valence-corrected chi connectivity index (χ1v) is 8.94. The van der Waals surface area contributed by atoms with Crippen molar-refractivity contribution in [2.75, 3.05) is 12.3 Å². The van der Waals surface area contributed by atoms with Crippen molar-refractivity contribution < 1.29 is 22.7 Å². The molecular weight excluding hydrogens is 397 g/mol. The van der Waals surface area contributed by atoms with Crippen LogP contribution < -0.4 is 11.3 Å². The summed E-state index contributed by atoms with van der Waals surface area (Å²) in [7, 11) is 0. The molecule has 0 aromatic carbocycles. The highest BCUT2D eigenvalue weighted by atomic mass is 32.1. The van der Waals surface area contributed by atoms with Gasteiger partial charge in [0.2, 0.25) is 0 Å². The molecule has 2 N–H and O–H groups in total. The highest BCUT2D eigenvalue weighted by Crippen LogP contribution is 2.33. The second-order valence-electron chi connectivity index (χ2n) is 5.83. The average molecular weight is 412 g/mol. The lowest BCUT2D eigenvalue weighted by atomic mass is 10.2. The third-order valence-electron chi connectivity index (χ3n) is 3.96. The number of thiophene rings is 1. The molecule has 0 radical (unpaired) electrons. The van der Waals surface area contributed by atoms with Gasteiger partial charge >= 0.3 is 12.1 Å². The van der Waals surface area contributed by atoms with Crippen molar-refractivity contribution in [3.05, 3.63) is 50.5 Å². The number of hydrogen-bond donors (Lipinski definition) is 1. The third kappa shape index (κ3) is 3.57. The van der Waals surface area contributed by atoms with Crippen molar-refractivity contribution in [2.45, 2.75) is 26.6 Å². The van der Waals surface area contributed by atoms with Crippen LogP contribution in [0.25, 0.3) is 10.2 Å². The van der Waals surface area contributed by atoms with Crippen LogP contribution in [0.5, 0.6) is 0 Å². The quantitative estimate of drug-likeness (QED) is 0.662. The number of alkyl halides is 3. The number of esters is 1. The van der Waals surface area contributed by atoms with Gasteiger partial charge in [-0.2, -0.15) is 13.2 Å². The van der Waals surface area contributed by atoms with Crippen molar-refractivity contribution in [3.63, 3.8) is 0 Å². The number of rotatable bonds is 4. The summed E-state index contributed by atoms with van der Waals surface area (Å²) in [4.78, 5) is 33.2. The van der Waals surface area contributed by atoms with Gasteiger partial charge in [-0.15, -0.1) is 11.3 Å². The molecule has 0 saturated carbocycles. The molecule has 3 aromatic heterocycles. The molecule has 0 aliphatic heterocycles. The molecule has 0 saturated heterocycles. The molecule has 7 nitrogen and oxygen atoms in total. The Kier molecular flexibility index (Phi) is 5.11. The minimum absolute atomic E-state index is 0.0584. The number of aromatic nitrogens is 3. The number of carbonyl (C=O) groups is 1. The van der Waals surface area contributed by atoms with E-state index in [1.807, 2.05) is 0 Å². The Bertz CT molecular complexity index is 1120. The van der Waals surface area contributed by atoms with Crippen molar-refractivity contribution in [3.8, 4) is 0 Å². The first-order valence-electron chi connectivity index (χ1n) is 8.12. The molecule has 28 heavy (non-hydrogen) atoms. The van der Waals surface area contributed by atoms with Gasteiger partial charge in [-0.05, 0) is 31.5 Å². The Balaban J connectivity index is 2.04. The number of aryl methyl sites for hydroxylation is 1. The van der Waals surface area contributed by atoms with E-state index in [4.69, 9.17) is 10.5 Å². The Morgan fingerprint density at radius 1 is 1.36 bits per heavy atom. The predicted octanol–water partition coefficient (Wildman–Crippen LogP) is 2.99. The lowest BCUT2D eigenvalue weighted by molar-refractivity contribution is -0.138. The van der Waals surface area contributed by atoms with Gasteiger partial charge in [0.25, 0.3) is 5.56 Å². The summed E-state index contributed by atoms with van der Waals surface area (Å²) < 4.78 is 44.6. The zero-order valence-electron chi connectivity index (χ0n) is 14.8. The van der Waals surface area contributed by atoms with E-state index in [2.05, 4.69) is 9.97 Å². The number of nitrogens with zero attached hydrogens (tertiary/aromatic N) is 3. The van der Waals surface area contributed by atoms with Gasteiger partial charge in [0.1, 0.15) is 21.1 Å². The summed E-state index contributed by atoms with van der Waals surface area (Å²) in [6.45, 7) is 3.27. The Labute approximate surface area is 160 Å². The van der Waals surface area contributed by atoms with Crippen LogP contribution in [0.3, 0.4) is 0 Å². The summed E-state index contributed by atoms with van der Waals surface area (Å²) in [5.41, 5.74) is 4.06. The Morgan fingerprint density at radius 2 is 2.07 bits per heavy atom. The number of nitrogens with two attached hydrogens (primary N) is 1. The summed E-state index contributed by atoms with van der Waals surface area (Å²) >= 11 is 1.05. The molecule has 148 valence electrons. The molecule has 0 aliphatic rings. The standard InChI is InChI=1S/C17H15F3N4O3S/c1-3-27-16(26)12-8(2)11-13(21)22-10(23-14(11)28-12)7-24-6-4-5-9(15(24)25)17(18,19)20/h4-6H,3,7H2,1-2H3,(H2,21,22,23). The van der Waals surface area contributed by atoms with Gasteiger partial charge in [-0.1, -0.05) is 0 Å². The largest absolute Gasteiger partial charge is 0.462 e. The van der Waals surface area contributed by atoms with Gasteiger partial charge in [-0.3, -0.25) is 4.79 Å². The zero-order valence-corrected chi connectivity index (χ0v) is 15.6. The first-order chi connectivity index (χ1) is 13.1. The number of hydrogen-bond acceptors (Lipinski definition) is 7. The van der Waals surface area contributed by atoms with Crippen LogP contribution in [0.4, 0.5) is 19.0 Å². The van der Waals surface area contributed by atoms with Gasteiger partial charge in [0, 0.05) is 6.20 Å². The lowest BCUT2D eigenvalue weighted by Crippen LogP contribution is -2.28. The van der Waals surface area contributed by atoms with Crippen LogP contribution in [0, 0.1) is 6.92 Å². The summed E-state index contributed by atoms with van der Waals surface area (Å²) in [6, 6.07) is 1.84. The molecule has 0 fully saturated rings. The summed E-state index contributed by atoms with van der Waals surface area (Å²) in [6.07, 6.45) is -3.55. The number of nitrogen functional groups attached to an aromatic ring is 1. The average Bonchev–Trinajstić information content (AvgIpc) is 2.93. The fourth-order valence-corrected chi connectivity index (χ4v) is 3.81. The van der Waals surface area contributed by atoms with E-state index in [1.54, 1.807) is 13.8 Å². The van der Waals surface area contributed by atoms with Gasteiger partial charge < -0.3 is 15.0 Å². The number of halogens is 3. The van der Waals surface area contributed by atoms with Gasteiger partial charge in [-0.25, -0.2) is 14.8 Å². The van der Waals surface area contributed by atoms with Crippen LogP contribution >= 0.6 is 11.3 Å². The molecule has 11 heteroatoms. The maximum atomic E-state index is 12.9. The molecule has 0 unspecified atom stereocenters. The Morgan fingerprint density at radius 3 is 2.71 bits per heavy atom. The normalized spacial score (nSPS) is 11.8. The number of carbonyl (C=O) groups excluding carboxylic acids is 1. The van der Waals surface area contributed by atoms with E-state index < -0.39 is 23.3 Å². The maximum Gasteiger partial charge on any atom is 0.421 e. The van der Waals surface area contributed by atoms with E-state index >= 15 is 0 Å². The second kappa shape index (κ2) is 7.23. The van der Waals surface area contributed by atoms with Crippen LogP contribution in [0.15, 0.2) is 23.1 Å². The zero-order chi connectivity index (χ0) is 20.6. The van der Waals surface area contributed by atoms with E-state index in [1.165, 1.54) is 6.20 Å². The minimum Gasteiger partial charge on any atom is -0.462 e. The van der Waals surface area contributed by atoms with Gasteiger partial charge in [0.05, 0.1) is 18.5 Å². The molecule has 0 spiro atoms. The summed E-state index contributed by atoms with van der Waals surface area (Å²) in [5.74, 6) is -0.384. The molecular formula is C17H15F3N4O3S. The number of anilines is 1. The number of pyridine rings is 1. The highest BCUT2D eigenvalue weighted by molar-refractivity contribution is 7.20. The fraction of sp³-hybridized carbons (Fsp3) is 0.294. The van der Waals surface area contributed by atoms with Crippen molar-refractivity contribution >= 4 is 33.3 Å². The number of fused-ring (bicyclic) bond motifs is 1. The van der Waals surface area contributed by atoms with Gasteiger partial charge in [0.15, 0.2) is 5.82 Å². The van der Waals surface area contributed by atoms with Crippen LogP contribution in [0.1, 0.15) is 33.5 Å². The monoisotopic (exact) mass is 412 g/mol. The van der Waals surface area contributed by atoms with Crippen LogP contribution in [0.2, 0.25) is 0 Å². The smallest absolute Gasteiger partial charge is 0.421 e. The van der Waals surface area contributed by atoms with Crippen molar-refractivity contribution in [1.82, 2.24) is 14.5 Å². The number of ether oxygens (including phenoxy) is 1. The SMILES string of the molecule is CCOC(=O)c1sc2nc(Cn3cccc(C(F)(F)F)c3=O)nc(N)c2c1C. The molecule has 0 atom stereocenters.